The Kier molecular flexibility index (Phi) is 4.91. The predicted molar refractivity (Wildman–Crippen MR) is 122 cm³/mol. The third-order valence-corrected chi connectivity index (χ3v) is 5.39. The van der Waals surface area contributed by atoms with E-state index in [1.54, 1.807) is 28.4 Å². The Hall–Kier alpha value is -3.80. The van der Waals surface area contributed by atoms with Crippen LogP contribution >= 0.6 is 0 Å². The lowest BCUT2D eigenvalue weighted by atomic mass is 9.90. The summed E-state index contributed by atoms with van der Waals surface area (Å²) < 4.78 is 21.9. The minimum atomic E-state index is 0.507. The molecule has 4 aromatic rings. The molecule has 0 bridgehead atoms. The average molecular weight is 404 g/mol. The molecule has 0 radical (unpaired) electrons. The van der Waals surface area contributed by atoms with Crippen LogP contribution < -0.4 is 30.4 Å². The van der Waals surface area contributed by atoms with Crippen molar-refractivity contribution in [2.24, 2.45) is 0 Å². The fourth-order valence-corrected chi connectivity index (χ4v) is 3.88. The summed E-state index contributed by atoms with van der Waals surface area (Å²) in [5.74, 6) is 2.62. The highest BCUT2D eigenvalue weighted by Gasteiger charge is 2.21. The van der Waals surface area contributed by atoms with Gasteiger partial charge in [-0.2, -0.15) is 0 Å². The van der Waals surface area contributed by atoms with E-state index in [0.29, 0.717) is 22.9 Å². The number of nitrogens with two attached hydrogens (primary N) is 2. The quantitative estimate of drug-likeness (QED) is 0.462. The molecule has 4 rings (SSSR count). The van der Waals surface area contributed by atoms with E-state index < -0.39 is 0 Å². The van der Waals surface area contributed by atoms with Crippen LogP contribution in [-0.4, -0.2) is 28.4 Å². The van der Waals surface area contributed by atoms with E-state index in [4.69, 9.17) is 30.4 Å². The molecule has 0 amide bonds. The molecule has 154 valence electrons. The van der Waals surface area contributed by atoms with E-state index in [-0.39, 0.29) is 0 Å². The molecular formula is C24H24N2O4. The van der Waals surface area contributed by atoms with Crippen molar-refractivity contribution in [1.29, 1.82) is 0 Å². The third-order valence-electron chi connectivity index (χ3n) is 5.39. The zero-order chi connectivity index (χ0) is 21.4. The lowest BCUT2D eigenvalue weighted by Gasteiger charge is -2.20. The lowest BCUT2D eigenvalue weighted by molar-refractivity contribution is 0.414. The van der Waals surface area contributed by atoms with Crippen LogP contribution in [0.3, 0.4) is 0 Å². The molecule has 0 aromatic heterocycles. The monoisotopic (exact) mass is 404 g/mol. The van der Waals surface area contributed by atoms with E-state index in [0.717, 1.165) is 44.2 Å². The molecule has 0 unspecified atom stereocenters. The Labute approximate surface area is 174 Å². The van der Waals surface area contributed by atoms with Crippen molar-refractivity contribution >= 4 is 32.9 Å². The SMILES string of the molecule is COc1ccc2c(-c3c(N)c(OC)cc4cc(OC)ccc34)c(N)c(OC)cc2c1. The second kappa shape index (κ2) is 7.55. The molecule has 0 aliphatic heterocycles. The zero-order valence-electron chi connectivity index (χ0n) is 17.4. The van der Waals surface area contributed by atoms with Crippen molar-refractivity contribution in [2.45, 2.75) is 0 Å². The Morgan fingerprint density at radius 3 is 1.27 bits per heavy atom. The number of hydrogen-bond acceptors (Lipinski definition) is 6. The normalized spacial score (nSPS) is 10.9. The number of anilines is 2. The van der Waals surface area contributed by atoms with Crippen molar-refractivity contribution in [3.63, 3.8) is 0 Å². The summed E-state index contributed by atoms with van der Waals surface area (Å²) >= 11 is 0. The zero-order valence-corrected chi connectivity index (χ0v) is 17.4. The topological polar surface area (TPSA) is 89.0 Å². The van der Waals surface area contributed by atoms with Crippen LogP contribution in [0.5, 0.6) is 23.0 Å². The fraction of sp³-hybridized carbons (Fsp3) is 0.167. The first-order valence-corrected chi connectivity index (χ1v) is 9.41. The minimum Gasteiger partial charge on any atom is -0.497 e. The number of hydrogen-bond donors (Lipinski definition) is 2. The van der Waals surface area contributed by atoms with Gasteiger partial charge in [-0.25, -0.2) is 0 Å². The van der Waals surface area contributed by atoms with Crippen LogP contribution in [-0.2, 0) is 0 Å². The molecule has 0 aliphatic carbocycles. The molecule has 0 heterocycles. The summed E-state index contributed by atoms with van der Waals surface area (Å²) in [5.41, 5.74) is 15.8. The molecule has 0 fully saturated rings. The predicted octanol–water partition coefficient (Wildman–Crippen LogP) is 4.86. The first kappa shape index (κ1) is 19.5. The number of benzene rings is 4. The number of ether oxygens (including phenoxy) is 4. The van der Waals surface area contributed by atoms with Gasteiger partial charge in [0.2, 0.25) is 0 Å². The number of methoxy groups -OCH3 is 4. The lowest BCUT2D eigenvalue weighted by Crippen LogP contribution is -2.02. The molecule has 0 saturated carbocycles. The molecule has 6 nitrogen and oxygen atoms in total. The van der Waals surface area contributed by atoms with E-state index in [9.17, 15) is 0 Å². The highest BCUT2D eigenvalue weighted by atomic mass is 16.5. The Morgan fingerprint density at radius 2 is 0.933 bits per heavy atom. The Morgan fingerprint density at radius 1 is 0.533 bits per heavy atom. The smallest absolute Gasteiger partial charge is 0.143 e. The summed E-state index contributed by atoms with van der Waals surface area (Å²) in [6.45, 7) is 0. The van der Waals surface area contributed by atoms with Gasteiger partial charge in [0.15, 0.2) is 0 Å². The van der Waals surface area contributed by atoms with Crippen molar-refractivity contribution < 1.29 is 18.9 Å². The Bertz CT molecular complexity index is 1170. The summed E-state index contributed by atoms with van der Waals surface area (Å²) in [6.07, 6.45) is 0. The Balaban J connectivity index is 2.19. The van der Waals surface area contributed by atoms with Gasteiger partial charge in [-0.3, -0.25) is 0 Å². The molecule has 4 aromatic carbocycles. The van der Waals surface area contributed by atoms with Crippen LogP contribution in [0.15, 0.2) is 48.5 Å². The maximum atomic E-state index is 6.59. The van der Waals surface area contributed by atoms with Gasteiger partial charge in [-0.1, -0.05) is 0 Å². The van der Waals surface area contributed by atoms with Crippen LogP contribution in [0.1, 0.15) is 0 Å². The van der Waals surface area contributed by atoms with Gasteiger partial charge in [0.05, 0.1) is 39.8 Å². The van der Waals surface area contributed by atoms with Crippen LogP contribution in [0.25, 0.3) is 32.7 Å². The van der Waals surface area contributed by atoms with Crippen LogP contribution in [0, 0.1) is 0 Å². The van der Waals surface area contributed by atoms with Gasteiger partial charge in [-0.15, -0.1) is 0 Å². The standard InChI is InChI=1S/C24H24N2O4/c1-27-15-5-7-17-13(9-15)11-19(29-3)23(25)21(17)22-18-8-6-16(28-2)10-14(18)12-20(30-4)24(22)26/h5-12H,25-26H2,1-4H3. The molecule has 0 saturated heterocycles. The first-order valence-electron chi connectivity index (χ1n) is 9.41. The van der Waals surface area contributed by atoms with Gasteiger partial charge >= 0.3 is 0 Å². The highest BCUT2D eigenvalue weighted by molar-refractivity contribution is 6.15. The molecule has 0 atom stereocenters. The first-order chi connectivity index (χ1) is 14.5. The van der Waals surface area contributed by atoms with Crippen molar-refractivity contribution in [3.8, 4) is 34.1 Å². The minimum absolute atomic E-state index is 0.507. The molecule has 4 N–H and O–H groups in total. The number of nitrogen functional groups attached to an aromatic ring is 2. The highest BCUT2D eigenvalue weighted by Crippen LogP contribution is 2.48. The second-order valence-corrected chi connectivity index (χ2v) is 6.91. The summed E-state index contributed by atoms with van der Waals surface area (Å²) in [7, 11) is 6.47. The van der Waals surface area contributed by atoms with Gasteiger partial charge in [0, 0.05) is 11.1 Å². The number of rotatable bonds is 5. The summed E-state index contributed by atoms with van der Waals surface area (Å²) in [5, 5.41) is 3.73. The third kappa shape index (κ3) is 2.97. The molecular weight excluding hydrogens is 380 g/mol. The molecule has 30 heavy (non-hydrogen) atoms. The van der Waals surface area contributed by atoms with E-state index in [1.807, 2.05) is 48.5 Å². The second-order valence-electron chi connectivity index (χ2n) is 6.91. The van der Waals surface area contributed by atoms with Gasteiger partial charge in [0.1, 0.15) is 23.0 Å². The maximum Gasteiger partial charge on any atom is 0.143 e. The van der Waals surface area contributed by atoms with Gasteiger partial charge < -0.3 is 30.4 Å². The van der Waals surface area contributed by atoms with Crippen LogP contribution in [0.2, 0.25) is 0 Å². The largest absolute Gasteiger partial charge is 0.497 e. The van der Waals surface area contributed by atoms with Crippen molar-refractivity contribution in [1.82, 2.24) is 0 Å². The van der Waals surface area contributed by atoms with E-state index in [1.165, 1.54) is 0 Å². The van der Waals surface area contributed by atoms with Gasteiger partial charge in [0.25, 0.3) is 0 Å². The van der Waals surface area contributed by atoms with Crippen LogP contribution in [0.4, 0.5) is 11.4 Å². The molecule has 6 heteroatoms. The summed E-state index contributed by atoms with van der Waals surface area (Å²) in [4.78, 5) is 0. The van der Waals surface area contributed by atoms with Crippen molar-refractivity contribution in [2.75, 3.05) is 39.9 Å². The molecule has 0 aliphatic rings. The van der Waals surface area contributed by atoms with E-state index >= 15 is 0 Å². The average Bonchev–Trinajstić information content (AvgIpc) is 2.78. The van der Waals surface area contributed by atoms with Crippen molar-refractivity contribution in [3.05, 3.63) is 48.5 Å². The van der Waals surface area contributed by atoms with E-state index in [2.05, 4.69) is 0 Å². The fourth-order valence-electron chi connectivity index (χ4n) is 3.88. The maximum absolute atomic E-state index is 6.59. The number of fused-ring (bicyclic) bond motifs is 2. The summed E-state index contributed by atoms with van der Waals surface area (Å²) in [6, 6.07) is 15.5. The molecule has 0 spiro atoms. The van der Waals surface area contributed by atoms with Gasteiger partial charge in [-0.05, 0) is 70.1 Å².